The van der Waals surface area contributed by atoms with Crippen molar-refractivity contribution in [2.45, 2.75) is 32.9 Å². The number of carbonyl (C=O) groups excluding carboxylic acids is 1. The number of aryl methyl sites for hydroxylation is 2. The Bertz CT molecular complexity index is 639. The monoisotopic (exact) mass is 288 g/mol. The van der Waals surface area contributed by atoms with Gasteiger partial charge in [-0.05, 0) is 49.2 Å². The van der Waals surface area contributed by atoms with E-state index in [0.29, 0.717) is 0 Å². The molecule has 0 saturated heterocycles. The highest BCUT2D eigenvalue weighted by Gasteiger charge is 2.21. The summed E-state index contributed by atoms with van der Waals surface area (Å²) in [6, 6.07) is 4.80. The summed E-state index contributed by atoms with van der Waals surface area (Å²) >= 11 is 1.50. The molecule has 1 N–H and O–H groups in total. The van der Waals surface area contributed by atoms with E-state index in [-0.39, 0.29) is 5.91 Å². The molecule has 0 bridgehead atoms. The normalized spacial score (nSPS) is 13.5. The Labute approximate surface area is 121 Å². The van der Waals surface area contributed by atoms with E-state index >= 15 is 0 Å². The Morgan fingerprint density at radius 3 is 2.80 bits per heavy atom. The van der Waals surface area contributed by atoms with Crippen LogP contribution in [0.3, 0.4) is 0 Å². The summed E-state index contributed by atoms with van der Waals surface area (Å²) in [6.07, 6.45) is 0. The molecule has 2 heterocycles. The Morgan fingerprint density at radius 2 is 2.30 bits per heavy atom. The third-order valence-corrected chi connectivity index (χ3v) is 3.78. The number of aromatic nitrogens is 2. The maximum atomic E-state index is 12.2. The van der Waals surface area contributed by atoms with Gasteiger partial charge in [0.2, 0.25) is 5.91 Å². The number of hydrogen-bond acceptors (Lipinski definition) is 4. The van der Waals surface area contributed by atoms with Crippen molar-refractivity contribution < 1.29 is 4.79 Å². The fourth-order valence-electron chi connectivity index (χ4n) is 2.04. The fraction of sp³-hybridized carbons (Fsp3) is 0.357. The molecule has 0 aliphatic rings. The molecule has 0 unspecified atom stereocenters. The van der Waals surface area contributed by atoms with E-state index in [2.05, 4.69) is 16.5 Å². The van der Waals surface area contributed by atoms with Gasteiger partial charge in [0.1, 0.15) is 12.1 Å². The fourth-order valence-corrected chi connectivity index (χ4v) is 2.73. The molecule has 0 saturated carbocycles. The van der Waals surface area contributed by atoms with E-state index in [9.17, 15) is 10.1 Å². The van der Waals surface area contributed by atoms with Gasteiger partial charge >= 0.3 is 0 Å². The molecule has 0 radical (unpaired) electrons. The molecule has 0 aliphatic carbocycles. The van der Waals surface area contributed by atoms with Crippen LogP contribution >= 0.6 is 11.3 Å². The number of nitriles is 1. The van der Waals surface area contributed by atoms with Crippen LogP contribution in [0.25, 0.3) is 0 Å². The standard InChI is InChI=1S/C14H16N4OS/c1-9-6-10(2)18(17-9)11(3)14(19)16-13(7-15)12-4-5-20-8-12/h4-6,8,11,13H,1-3H3,(H,16,19)/t11-,13-/m1/s1. The van der Waals surface area contributed by atoms with E-state index in [1.807, 2.05) is 36.7 Å². The van der Waals surface area contributed by atoms with Crippen LogP contribution in [0.5, 0.6) is 0 Å². The molecule has 2 rings (SSSR count). The minimum Gasteiger partial charge on any atom is -0.335 e. The summed E-state index contributed by atoms with van der Waals surface area (Å²) in [4.78, 5) is 12.2. The van der Waals surface area contributed by atoms with Gasteiger partial charge in [0.15, 0.2) is 0 Å². The quantitative estimate of drug-likeness (QED) is 0.939. The highest BCUT2D eigenvalue weighted by molar-refractivity contribution is 7.08. The van der Waals surface area contributed by atoms with Crippen molar-refractivity contribution in [3.05, 3.63) is 39.8 Å². The average Bonchev–Trinajstić information content (AvgIpc) is 3.04. The lowest BCUT2D eigenvalue weighted by Gasteiger charge is -2.17. The zero-order valence-corrected chi connectivity index (χ0v) is 12.4. The summed E-state index contributed by atoms with van der Waals surface area (Å²) < 4.78 is 1.67. The molecule has 20 heavy (non-hydrogen) atoms. The van der Waals surface area contributed by atoms with Gasteiger partial charge in [-0.2, -0.15) is 21.7 Å². The summed E-state index contributed by atoms with van der Waals surface area (Å²) in [5, 5.41) is 20.0. The number of carbonyl (C=O) groups is 1. The first-order chi connectivity index (χ1) is 9.52. The number of rotatable bonds is 4. The first-order valence-corrected chi connectivity index (χ1v) is 7.22. The highest BCUT2D eigenvalue weighted by Crippen LogP contribution is 2.17. The zero-order chi connectivity index (χ0) is 14.7. The van der Waals surface area contributed by atoms with Crippen LogP contribution in [0, 0.1) is 25.2 Å². The minimum atomic E-state index is -0.617. The molecular formula is C14H16N4OS. The van der Waals surface area contributed by atoms with E-state index in [1.165, 1.54) is 11.3 Å². The second kappa shape index (κ2) is 5.88. The summed E-state index contributed by atoms with van der Waals surface area (Å²) in [6.45, 7) is 5.57. The molecule has 5 nitrogen and oxygen atoms in total. The number of amides is 1. The van der Waals surface area contributed by atoms with Crippen molar-refractivity contribution in [2.24, 2.45) is 0 Å². The maximum Gasteiger partial charge on any atom is 0.245 e. The summed E-state index contributed by atoms with van der Waals surface area (Å²) in [5.74, 6) is -0.214. The van der Waals surface area contributed by atoms with E-state index in [4.69, 9.17) is 0 Å². The van der Waals surface area contributed by atoms with E-state index in [1.54, 1.807) is 11.6 Å². The molecule has 6 heteroatoms. The largest absolute Gasteiger partial charge is 0.335 e. The molecule has 2 aromatic rings. The number of thiophene rings is 1. The summed E-state index contributed by atoms with van der Waals surface area (Å²) in [5.41, 5.74) is 2.61. The molecule has 2 aromatic heterocycles. The average molecular weight is 288 g/mol. The molecule has 0 spiro atoms. The van der Waals surface area contributed by atoms with Crippen LogP contribution in [-0.2, 0) is 4.79 Å². The Hall–Kier alpha value is -2.13. The second-order valence-electron chi connectivity index (χ2n) is 4.68. The maximum absolute atomic E-state index is 12.2. The third kappa shape index (κ3) is 2.89. The molecule has 2 atom stereocenters. The van der Waals surface area contributed by atoms with Crippen LogP contribution in [0.1, 0.15) is 36.0 Å². The van der Waals surface area contributed by atoms with Crippen molar-refractivity contribution >= 4 is 17.2 Å². The number of hydrogen-bond donors (Lipinski definition) is 1. The molecule has 1 amide bonds. The molecule has 0 aromatic carbocycles. The predicted octanol–water partition coefficient (Wildman–Crippen LogP) is 2.50. The van der Waals surface area contributed by atoms with Crippen LogP contribution in [0.15, 0.2) is 22.9 Å². The first kappa shape index (κ1) is 14.3. The Morgan fingerprint density at radius 1 is 1.55 bits per heavy atom. The smallest absolute Gasteiger partial charge is 0.245 e. The first-order valence-electron chi connectivity index (χ1n) is 6.27. The third-order valence-electron chi connectivity index (χ3n) is 3.08. The van der Waals surface area contributed by atoms with Crippen molar-refractivity contribution in [3.8, 4) is 6.07 Å². The molecule has 104 valence electrons. The van der Waals surface area contributed by atoms with Gasteiger partial charge in [-0.15, -0.1) is 0 Å². The molecule has 0 fully saturated rings. The lowest BCUT2D eigenvalue weighted by molar-refractivity contribution is -0.124. The van der Waals surface area contributed by atoms with Crippen molar-refractivity contribution in [1.29, 1.82) is 5.26 Å². The van der Waals surface area contributed by atoms with Gasteiger partial charge in [0.25, 0.3) is 0 Å². The van der Waals surface area contributed by atoms with Gasteiger partial charge < -0.3 is 5.32 Å². The second-order valence-corrected chi connectivity index (χ2v) is 5.46. The predicted molar refractivity (Wildman–Crippen MR) is 77.2 cm³/mol. The van der Waals surface area contributed by atoms with Gasteiger partial charge in [-0.1, -0.05) is 0 Å². The Kier molecular flexibility index (Phi) is 4.20. The number of nitrogens with zero attached hydrogens (tertiary/aromatic N) is 3. The van der Waals surface area contributed by atoms with Crippen LogP contribution in [0.2, 0.25) is 0 Å². The SMILES string of the molecule is Cc1cc(C)n([C@H](C)C(=O)N[C@H](C#N)c2ccsc2)n1. The van der Waals surface area contributed by atoms with Gasteiger partial charge in [0, 0.05) is 5.69 Å². The van der Waals surface area contributed by atoms with Gasteiger partial charge in [0.05, 0.1) is 11.8 Å². The van der Waals surface area contributed by atoms with Gasteiger partial charge in [-0.3, -0.25) is 9.48 Å². The molecular weight excluding hydrogens is 272 g/mol. The van der Waals surface area contributed by atoms with E-state index in [0.717, 1.165) is 17.0 Å². The van der Waals surface area contributed by atoms with Gasteiger partial charge in [-0.25, -0.2) is 0 Å². The zero-order valence-electron chi connectivity index (χ0n) is 11.6. The lowest BCUT2D eigenvalue weighted by atomic mass is 10.1. The topological polar surface area (TPSA) is 70.7 Å². The van der Waals surface area contributed by atoms with Crippen molar-refractivity contribution in [3.63, 3.8) is 0 Å². The minimum absolute atomic E-state index is 0.214. The van der Waals surface area contributed by atoms with Crippen LogP contribution in [-0.4, -0.2) is 15.7 Å². The summed E-state index contributed by atoms with van der Waals surface area (Å²) in [7, 11) is 0. The van der Waals surface area contributed by atoms with Crippen LogP contribution < -0.4 is 5.32 Å². The molecule has 0 aliphatic heterocycles. The number of nitrogens with one attached hydrogen (secondary N) is 1. The van der Waals surface area contributed by atoms with Crippen LogP contribution in [0.4, 0.5) is 0 Å². The van der Waals surface area contributed by atoms with Crippen molar-refractivity contribution in [1.82, 2.24) is 15.1 Å². The van der Waals surface area contributed by atoms with E-state index < -0.39 is 12.1 Å². The highest BCUT2D eigenvalue weighted by atomic mass is 32.1. The lowest BCUT2D eigenvalue weighted by Crippen LogP contribution is -2.34. The Balaban J connectivity index is 2.12. The van der Waals surface area contributed by atoms with Crippen molar-refractivity contribution in [2.75, 3.05) is 0 Å².